The molecule has 0 radical (unpaired) electrons. The molecule has 5 aromatic rings. The maximum absolute atomic E-state index is 15.8. The predicted octanol–water partition coefficient (Wildman–Crippen LogP) is 7.31. The number of pyridine rings is 1. The molecule has 2 aromatic heterocycles. The Bertz CT molecular complexity index is 2060. The van der Waals surface area contributed by atoms with Crippen molar-refractivity contribution in [2.24, 2.45) is 0 Å². The molecule has 0 bridgehead atoms. The van der Waals surface area contributed by atoms with Gasteiger partial charge in [0.15, 0.2) is 14.9 Å². The van der Waals surface area contributed by atoms with Gasteiger partial charge in [-0.25, -0.2) is 32.2 Å². The van der Waals surface area contributed by atoms with Crippen LogP contribution in [0.4, 0.5) is 20.3 Å². The summed E-state index contributed by atoms with van der Waals surface area (Å²) in [5.74, 6) is 0.167. The molecule has 1 unspecified atom stereocenters. The summed E-state index contributed by atoms with van der Waals surface area (Å²) < 4.78 is 67.4. The Morgan fingerprint density at radius 1 is 1.02 bits per heavy atom. The minimum Gasteiger partial charge on any atom is -0.490 e. The molecule has 1 aliphatic rings. The highest BCUT2D eigenvalue weighted by molar-refractivity contribution is 9.10. The number of nitrogens with one attached hydrogen (secondary N) is 1. The number of benzene rings is 3. The van der Waals surface area contributed by atoms with Crippen LogP contribution in [0, 0.1) is 11.6 Å². The average molecular weight is 737 g/mol. The lowest BCUT2D eigenvalue weighted by Crippen LogP contribution is -2.34. The molecule has 0 fully saturated rings. The summed E-state index contributed by atoms with van der Waals surface area (Å²) in [5, 5.41) is 3.95. The lowest BCUT2D eigenvalue weighted by molar-refractivity contribution is 0.0217. The average Bonchev–Trinajstić information content (AvgIpc) is 3.56. The van der Waals surface area contributed by atoms with Gasteiger partial charge in [-0.05, 0) is 83.1 Å². The smallest absolute Gasteiger partial charge is 0.196 e. The monoisotopic (exact) mass is 735 g/mol. The Hall–Kier alpha value is -4.46. The SMILES string of the molecule is CN(CCC1(c2cc3c(Nc4ccc(OCc5cccc(F)c5)c(Br)c4)ncnc3cc2F)CC=CO1)CCS(=O)(=O)c1ccccn1. The van der Waals surface area contributed by atoms with E-state index in [0.29, 0.717) is 63.1 Å². The molecule has 6 rings (SSSR count). The van der Waals surface area contributed by atoms with Crippen molar-refractivity contribution >= 4 is 48.2 Å². The molecule has 0 spiro atoms. The quantitative estimate of drug-likeness (QED) is 0.133. The van der Waals surface area contributed by atoms with Crippen LogP contribution in [0.2, 0.25) is 0 Å². The highest BCUT2D eigenvalue weighted by Crippen LogP contribution is 2.41. The fraction of sp³-hybridized carbons (Fsp3) is 0.229. The van der Waals surface area contributed by atoms with Crippen LogP contribution in [-0.2, 0) is 26.8 Å². The van der Waals surface area contributed by atoms with E-state index in [2.05, 4.69) is 36.2 Å². The standard InChI is InChI=1S/C35H32BrF2N5O4S/c1-43(15-17-48(44,45)33-8-2-3-13-39-33)14-12-35(11-5-16-47-35)28-20-27-31(21-30(28)38)40-23-41-34(27)42-26-9-10-32(29(36)19-26)46-22-24-6-4-7-25(37)18-24/h2-10,13,16,18-21,23H,11-12,14-15,17,22H2,1H3,(H,40,41,42). The van der Waals surface area contributed by atoms with Gasteiger partial charge in [0, 0.05) is 54.8 Å². The Morgan fingerprint density at radius 3 is 2.65 bits per heavy atom. The summed E-state index contributed by atoms with van der Waals surface area (Å²) in [4.78, 5) is 14.6. The highest BCUT2D eigenvalue weighted by atomic mass is 79.9. The maximum atomic E-state index is 15.8. The summed E-state index contributed by atoms with van der Waals surface area (Å²) in [7, 11) is -1.72. The molecular weight excluding hydrogens is 704 g/mol. The third kappa shape index (κ3) is 7.64. The van der Waals surface area contributed by atoms with E-state index in [1.54, 1.807) is 42.7 Å². The first-order valence-electron chi connectivity index (χ1n) is 15.2. The fourth-order valence-electron chi connectivity index (χ4n) is 5.48. The number of hydrogen-bond donors (Lipinski definition) is 1. The van der Waals surface area contributed by atoms with Crippen LogP contribution >= 0.6 is 15.9 Å². The first-order valence-corrected chi connectivity index (χ1v) is 17.6. The van der Waals surface area contributed by atoms with E-state index in [1.165, 1.54) is 36.8 Å². The number of ether oxygens (including phenoxy) is 2. The van der Waals surface area contributed by atoms with Gasteiger partial charge in [-0.15, -0.1) is 0 Å². The molecule has 3 heterocycles. The van der Waals surface area contributed by atoms with E-state index < -0.39 is 21.3 Å². The van der Waals surface area contributed by atoms with Crippen LogP contribution in [0.15, 0.2) is 107 Å². The van der Waals surface area contributed by atoms with Gasteiger partial charge in [0.1, 0.15) is 41.7 Å². The number of hydrogen-bond acceptors (Lipinski definition) is 9. The van der Waals surface area contributed by atoms with E-state index in [4.69, 9.17) is 9.47 Å². The van der Waals surface area contributed by atoms with Crippen molar-refractivity contribution in [3.63, 3.8) is 0 Å². The molecule has 48 heavy (non-hydrogen) atoms. The number of sulfone groups is 1. The third-order valence-electron chi connectivity index (χ3n) is 8.13. The Balaban J connectivity index is 1.18. The molecule has 13 heteroatoms. The molecule has 1 N–H and O–H groups in total. The van der Waals surface area contributed by atoms with Gasteiger partial charge in [0.2, 0.25) is 0 Å². The number of nitrogens with zero attached hydrogens (tertiary/aromatic N) is 4. The van der Waals surface area contributed by atoms with E-state index in [-0.39, 0.29) is 29.7 Å². The Labute approximate surface area is 285 Å². The van der Waals surface area contributed by atoms with Gasteiger partial charge < -0.3 is 19.7 Å². The van der Waals surface area contributed by atoms with Gasteiger partial charge in [0.05, 0.1) is 22.0 Å². The minimum atomic E-state index is -3.54. The predicted molar refractivity (Wildman–Crippen MR) is 183 cm³/mol. The van der Waals surface area contributed by atoms with Crippen LogP contribution in [-0.4, -0.2) is 54.2 Å². The van der Waals surface area contributed by atoms with Crippen molar-refractivity contribution in [3.8, 4) is 5.75 Å². The number of rotatable bonds is 13. The summed E-state index contributed by atoms with van der Waals surface area (Å²) in [6.07, 6.45) is 7.10. The van der Waals surface area contributed by atoms with Gasteiger partial charge in [-0.3, -0.25) is 0 Å². The Morgan fingerprint density at radius 2 is 1.90 bits per heavy atom. The van der Waals surface area contributed by atoms with E-state index in [0.717, 1.165) is 0 Å². The van der Waals surface area contributed by atoms with Gasteiger partial charge >= 0.3 is 0 Å². The topological polar surface area (TPSA) is 107 Å². The third-order valence-corrected chi connectivity index (χ3v) is 10.3. The molecule has 9 nitrogen and oxygen atoms in total. The zero-order chi connectivity index (χ0) is 33.7. The lowest BCUT2D eigenvalue weighted by Gasteiger charge is -2.32. The second kappa shape index (κ2) is 14.3. The van der Waals surface area contributed by atoms with Crippen LogP contribution in [0.1, 0.15) is 24.0 Å². The van der Waals surface area contributed by atoms with Crippen LogP contribution < -0.4 is 10.1 Å². The number of aromatic nitrogens is 3. The molecule has 1 atom stereocenters. The van der Waals surface area contributed by atoms with E-state index >= 15 is 4.39 Å². The summed E-state index contributed by atoms with van der Waals surface area (Å²) >= 11 is 3.55. The number of fused-ring (bicyclic) bond motifs is 1. The second-order valence-electron chi connectivity index (χ2n) is 11.5. The van der Waals surface area contributed by atoms with Crippen molar-refractivity contribution in [2.45, 2.75) is 30.1 Å². The number of anilines is 2. The minimum absolute atomic E-state index is 0.0422. The highest BCUT2D eigenvalue weighted by Gasteiger charge is 2.38. The maximum Gasteiger partial charge on any atom is 0.196 e. The Kier molecular flexibility index (Phi) is 9.99. The number of halogens is 3. The van der Waals surface area contributed by atoms with Gasteiger partial charge in [0.25, 0.3) is 0 Å². The van der Waals surface area contributed by atoms with Crippen molar-refractivity contribution in [1.82, 2.24) is 19.9 Å². The van der Waals surface area contributed by atoms with Crippen LogP contribution in [0.5, 0.6) is 5.75 Å². The van der Waals surface area contributed by atoms with Gasteiger partial charge in [-0.2, -0.15) is 0 Å². The summed E-state index contributed by atoms with van der Waals surface area (Å²) in [5.41, 5.74) is 1.18. The van der Waals surface area contributed by atoms with Crippen molar-refractivity contribution in [3.05, 3.63) is 125 Å². The molecule has 3 aromatic carbocycles. The molecule has 0 saturated heterocycles. The molecule has 0 aliphatic carbocycles. The zero-order valence-electron chi connectivity index (χ0n) is 25.9. The molecule has 1 aliphatic heterocycles. The zero-order valence-corrected chi connectivity index (χ0v) is 28.3. The van der Waals surface area contributed by atoms with Crippen molar-refractivity contribution < 1.29 is 26.7 Å². The molecule has 0 saturated carbocycles. The van der Waals surface area contributed by atoms with Crippen LogP contribution in [0.3, 0.4) is 0 Å². The van der Waals surface area contributed by atoms with E-state index in [9.17, 15) is 12.8 Å². The first-order chi connectivity index (χ1) is 23.1. The second-order valence-corrected chi connectivity index (χ2v) is 14.4. The largest absolute Gasteiger partial charge is 0.490 e. The lowest BCUT2D eigenvalue weighted by atomic mass is 9.86. The van der Waals surface area contributed by atoms with Gasteiger partial charge in [-0.1, -0.05) is 18.2 Å². The fourth-order valence-corrected chi connectivity index (χ4v) is 7.24. The van der Waals surface area contributed by atoms with Crippen molar-refractivity contribution in [2.75, 3.05) is 31.2 Å². The van der Waals surface area contributed by atoms with E-state index in [1.807, 2.05) is 30.2 Å². The molecule has 0 amide bonds. The van der Waals surface area contributed by atoms with Crippen molar-refractivity contribution in [1.29, 1.82) is 0 Å². The molecular formula is C35H32BrF2N5O4S. The summed E-state index contributed by atoms with van der Waals surface area (Å²) in [6, 6.07) is 19.6. The first kappa shape index (κ1) is 33.4. The summed E-state index contributed by atoms with van der Waals surface area (Å²) in [6.45, 7) is 0.927. The molecule has 248 valence electrons. The normalized spacial score (nSPS) is 15.9. The van der Waals surface area contributed by atoms with Crippen LogP contribution in [0.25, 0.3) is 10.9 Å².